The Labute approximate surface area is 148 Å². The van der Waals surface area contributed by atoms with Gasteiger partial charge in [-0.3, -0.25) is 4.79 Å². The standard InChI is InChI=1S/C15H16Cl2N2OS2/c1-19(2)15-11(16)4-3-5-12(15)18-14(20)9-21-8-10-6-7-13(17)22-10/h3-7H,8-9H2,1-2H3,(H,18,20). The minimum absolute atomic E-state index is 0.0435. The molecule has 1 aromatic carbocycles. The van der Waals surface area contributed by atoms with Crippen molar-refractivity contribution in [2.75, 3.05) is 30.1 Å². The summed E-state index contributed by atoms with van der Waals surface area (Å²) in [6.07, 6.45) is 0. The molecule has 2 aromatic rings. The molecule has 1 heterocycles. The van der Waals surface area contributed by atoms with E-state index in [1.807, 2.05) is 49.3 Å². The fraction of sp³-hybridized carbons (Fsp3) is 0.267. The van der Waals surface area contributed by atoms with E-state index in [2.05, 4.69) is 5.32 Å². The first kappa shape index (κ1) is 17.5. The first-order chi connectivity index (χ1) is 10.5. The Hall–Kier alpha value is -0.880. The van der Waals surface area contributed by atoms with Gasteiger partial charge in [-0.1, -0.05) is 29.3 Å². The van der Waals surface area contributed by atoms with Gasteiger partial charge in [0, 0.05) is 24.7 Å². The van der Waals surface area contributed by atoms with Crippen molar-refractivity contribution in [3.63, 3.8) is 0 Å². The summed E-state index contributed by atoms with van der Waals surface area (Å²) in [6.45, 7) is 0. The number of anilines is 2. The van der Waals surface area contributed by atoms with Gasteiger partial charge in [0.05, 0.1) is 26.5 Å². The number of nitrogens with one attached hydrogen (secondary N) is 1. The Morgan fingerprint density at radius 2 is 2.05 bits per heavy atom. The smallest absolute Gasteiger partial charge is 0.234 e. The maximum atomic E-state index is 12.1. The van der Waals surface area contributed by atoms with Crippen LogP contribution in [0.4, 0.5) is 11.4 Å². The van der Waals surface area contributed by atoms with Crippen molar-refractivity contribution in [3.05, 3.63) is 44.6 Å². The van der Waals surface area contributed by atoms with Crippen LogP contribution in [0.15, 0.2) is 30.3 Å². The van der Waals surface area contributed by atoms with Crippen LogP contribution in [0.2, 0.25) is 9.36 Å². The predicted molar refractivity (Wildman–Crippen MR) is 99.9 cm³/mol. The number of carbonyl (C=O) groups is 1. The zero-order chi connectivity index (χ0) is 16.1. The van der Waals surface area contributed by atoms with E-state index in [1.54, 1.807) is 23.1 Å². The normalized spacial score (nSPS) is 10.5. The van der Waals surface area contributed by atoms with Crippen molar-refractivity contribution in [1.82, 2.24) is 0 Å². The first-order valence-electron chi connectivity index (χ1n) is 6.55. The van der Waals surface area contributed by atoms with Crippen molar-refractivity contribution in [2.24, 2.45) is 0 Å². The van der Waals surface area contributed by atoms with Gasteiger partial charge in [-0.25, -0.2) is 0 Å². The largest absolute Gasteiger partial charge is 0.375 e. The number of nitrogens with zero attached hydrogens (tertiary/aromatic N) is 1. The van der Waals surface area contributed by atoms with Gasteiger partial charge in [-0.05, 0) is 24.3 Å². The number of para-hydroxylation sites is 1. The van der Waals surface area contributed by atoms with E-state index in [0.29, 0.717) is 10.8 Å². The third-order valence-electron chi connectivity index (χ3n) is 2.81. The molecule has 0 saturated heterocycles. The van der Waals surface area contributed by atoms with E-state index in [0.717, 1.165) is 21.5 Å². The zero-order valence-corrected chi connectivity index (χ0v) is 15.4. The molecule has 0 aliphatic carbocycles. The minimum atomic E-state index is -0.0435. The monoisotopic (exact) mass is 374 g/mol. The molecular weight excluding hydrogens is 359 g/mol. The fourth-order valence-electron chi connectivity index (χ4n) is 1.93. The van der Waals surface area contributed by atoms with E-state index in [9.17, 15) is 4.79 Å². The van der Waals surface area contributed by atoms with Crippen molar-refractivity contribution in [3.8, 4) is 0 Å². The molecule has 3 nitrogen and oxygen atoms in total. The number of carbonyl (C=O) groups excluding carboxylic acids is 1. The molecule has 0 saturated carbocycles. The summed E-state index contributed by atoms with van der Waals surface area (Å²) in [5.74, 6) is 1.12. The van der Waals surface area contributed by atoms with E-state index < -0.39 is 0 Å². The quantitative estimate of drug-likeness (QED) is 0.772. The summed E-state index contributed by atoms with van der Waals surface area (Å²) in [7, 11) is 3.79. The highest BCUT2D eigenvalue weighted by atomic mass is 35.5. The van der Waals surface area contributed by atoms with E-state index >= 15 is 0 Å². The molecule has 0 spiro atoms. The molecule has 0 aliphatic heterocycles. The predicted octanol–water partition coefficient (Wildman–Crippen LogP) is 4.99. The Morgan fingerprint density at radius 1 is 1.27 bits per heavy atom. The number of amides is 1. The highest BCUT2D eigenvalue weighted by Gasteiger charge is 2.12. The molecule has 0 aliphatic rings. The molecule has 1 aromatic heterocycles. The average Bonchev–Trinajstić information content (AvgIpc) is 2.84. The van der Waals surface area contributed by atoms with Gasteiger partial charge in [-0.15, -0.1) is 23.1 Å². The zero-order valence-electron chi connectivity index (χ0n) is 12.2. The lowest BCUT2D eigenvalue weighted by atomic mass is 10.2. The highest BCUT2D eigenvalue weighted by Crippen LogP contribution is 2.32. The van der Waals surface area contributed by atoms with Gasteiger partial charge in [0.1, 0.15) is 0 Å². The molecule has 0 atom stereocenters. The van der Waals surface area contributed by atoms with Gasteiger partial charge in [0.15, 0.2) is 0 Å². The molecule has 7 heteroatoms. The molecular formula is C15H16Cl2N2OS2. The highest BCUT2D eigenvalue weighted by molar-refractivity contribution is 7.99. The number of benzene rings is 1. The van der Waals surface area contributed by atoms with Crippen LogP contribution in [0.3, 0.4) is 0 Å². The number of halogens is 2. The summed E-state index contributed by atoms with van der Waals surface area (Å²) in [5.41, 5.74) is 1.54. The van der Waals surface area contributed by atoms with Crippen LogP contribution in [0, 0.1) is 0 Å². The molecule has 0 bridgehead atoms. The van der Waals surface area contributed by atoms with Crippen LogP contribution in [0.5, 0.6) is 0 Å². The lowest BCUT2D eigenvalue weighted by molar-refractivity contribution is -0.113. The topological polar surface area (TPSA) is 32.3 Å². The lowest BCUT2D eigenvalue weighted by Gasteiger charge is -2.19. The summed E-state index contributed by atoms with van der Waals surface area (Å²) in [6, 6.07) is 9.34. The van der Waals surface area contributed by atoms with Gasteiger partial charge < -0.3 is 10.2 Å². The van der Waals surface area contributed by atoms with Crippen LogP contribution >= 0.6 is 46.3 Å². The third-order valence-corrected chi connectivity index (χ3v) is 5.51. The Balaban J connectivity index is 1.91. The number of thioether (sulfide) groups is 1. The van der Waals surface area contributed by atoms with Crippen molar-refractivity contribution >= 4 is 63.6 Å². The number of hydrogen-bond acceptors (Lipinski definition) is 4. The Bertz CT molecular complexity index is 659. The molecule has 0 unspecified atom stereocenters. The first-order valence-corrected chi connectivity index (χ1v) is 9.27. The van der Waals surface area contributed by atoms with E-state index in [1.165, 1.54) is 4.88 Å². The number of thiophene rings is 1. The van der Waals surface area contributed by atoms with Crippen LogP contribution in [-0.2, 0) is 10.5 Å². The fourth-order valence-corrected chi connectivity index (χ4v) is 4.30. The SMILES string of the molecule is CN(C)c1c(Cl)cccc1NC(=O)CSCc1ccc(Cl)s1. The summed E-state index contributed by atoms with van der Waals surface area (Å²) < 4.78 is 0.773. The molecule has 2 rings (SSSR count). The van der Waals surface area contributed by atoms with Crippen molar-refractivity contribution in [2.45, 2.75) is 5.75 Å². The second-order valence-corrected chi connectivity index (χ2v) is 7.97. The van der Waals surface area contributed by atoms with Crippen molar-refractivity contribution in [1.29, 1.82) is 0 Å². The summed E-state index contributed by atoms with van der Waals surface area (Å²) in [5, 5.41) is 3.53. The van der Waals surface area contributed by atoms with Gasteiger partial charge in [0.25, 0.3) is 0 Å². The summed E-state index contributed by atoms with van der Waals surface area (Å²) in [4.78, 5) is 15.1. The maximum absolute atomic E-state index is 12.1. The van der Waals surface area contributed by atoms with Crippen LogP contribution < -0.4 is 10.2 Å². The molecule has 118 valence electrons. The van der Waals surface area contributed by atoms with Crippen LogP contribution in [-0.4, -0.2) is 25.8 Å². The molecule has 0 fully saturated rings. The Morgan fingerprint density at radius 3 is 2.68 bits per heavy atom. The van der Waals surface area contributed by atoms with Gasteiger partial charge >= 0.3 is 0 Å². The maximum Gasteiger partial charge on any atom is 0.234 e. The average molecular weight is 375 g/mol. The van der Waals surface area contributed by atoms with Gasteiger partial charge in [0.2, 0.25) is 5.91 Å². The number of rotatable bonds is 6. The number of hydrogen-bond donors (Lipinski definition) is 1. The van der Waals surface area contributed by atoms with Gasteiger partial charge in [-0.2, -0.15) is 0 Å². The molecule has 1 amide bonds. The second kappa shape index (κ2) is 8.11. The molecule has 22 heavy (non-hydrogen) atoms. The Kier molecular flexibility index (Phi) is 6.44. The van der Waals surface area contributed by atoms with Crippen LogP contribution in [0.25, 0.3) is 0 Å². The van der Waals surface area contributed by atoms with E-state index in [4.69, 9.17) is 23.2 Å². The van der Waals surface area contributed by atoms with E-state index in [-0.39, 0.29) is 5.91 Å². The molecule has 0 radical (unpaired) electrons. The third kappa shape index (κ3) is 4.81. The van der Waals surface area contributed by atoms with Crippen molar-refractivity contribution < 1.29 is 4.79 Å². The second-order valence-electron chi connectivity index (χ2n) is 4.78. The minimum Gasteiger partial charge on any atom is -0.375 e. The summed E-state index contributed by atoms with van der Waals surface area (Å²) >= 11 is 15.2. The lowest BCUT2D eigenvalue weighted by Crippen LogP contribution is -2.18. The van der Waals surface area contributed by atoms with Crippen LogP contribution in [0.1, 0.15) is 4.88 Å². The molecule has 1 N–H and O–H groups in total.